The molecule has 0 saturated heterocycles. The van der Waals surface area contributed by atoms with Crippen LogP contribution < -0.4 is 24.8 Å². The van der Waals surface area contributed by atoms with E-state index in [1.165, 1.54) is 0 Å². The fourth-order valence-electron chi connectivity index (χ4n) is 4.47. The lowest BCUT2D eigenvalue weighted by Gasteiger charge is -2.27. The standard InChI is InChI=1S/C33H44N2O7Si/c1-43(2,3)16-15-38-24-41-31-12-10-27(18-29(31)35-23-36)30(37)19-34-14-13-25-9-11-32-33(17-25)42-28(22-40-32)21-39-20-26-7-5-4-6-8-26/h4-12,17-18,23,28,30,34,37H,13-16,19-22,24H2,1-3H3,(H,35,36)/t28-,30+/m1/s1. The van der Waals surface area contributed by atoms with Crippen LogP contribution in [0.15, 0.2) is 66.7 Å². The third-order valence-corrected chi connectivity index (χ3v) is 8.67. The monoisotopic (exact) mass is 608 g/mol. The molecular weight excluding hydrogens is 564 g/mol. The van der Waals surface area contributed by atoms with E-state index >= 15 is 0 Å². The summed E-state index contributed by atoms with van der Waals surface area (Å²) in [5.74, 6) is 1.94. The van der Waals surface area contributed by atoms with E-state index in [1.54, 1.807) is 18.2 Å². The van der Waals surface area contributed by atoms with Gasteiger partial charge in [-0.05, 0) is 60.0 Å². The highest BCUT2D eigenvalue weighted by molar-refractivity contribution is 6.76. The van der Waals surface area contributed by atoms with Crippen molar-refractivity contribution in [3.63, 3.8) is 0 Å². The summed E-state index contributed by atoms with van der Waals surface area (Å²) >= 11 is 0. The molecule has 1 amide bonds. The van der Waals surface area contributed by atoms with Crippen LogP contribution in [0, 0.1) is 0 Å². The Morgan fingerprint density at radius 2 is 1.86 bits per heavy atom. The molecule has 0 saturated carbocycles. The Hall–Kier alpha value is -3.41. The molecule has 232 valence electrons. The van der Waals surface area contributed by atoms with Crippen LogP contribution in [0.3, 0.4) is 0 Å². The first-order valence-electron chi connectivity index (χ1n) is 14.8. The maximum absolute atomic E-state index is 11.2. The van der Waals surface area contributed by atoms with Crippen LogP contribution in [0.5, 0.6) is 17.2 Å². The molecule has 1 aliphatic rings. The molecule has 0 spiro atoms. The molecule has 3 N–H and O–H groups in total. The first kappa shape index (κ1) is 32.5. The zero-order chi connectivity index (χ0) is 30.5. The quantitative estimate of drug-likeness (QED) is 0.0786. The summed E-state index contributed by atoms with van der Waals surface area (Å²) in [6.07, 6.45) is 0.417. The van der Waals surface area contributed by atoms with Crippen molar-refractivity contribution in [3.8, 4) is 17.2 Å². The van der Waals surface area contributed by atoms with Crippen LogP contribution in [0.4, 0.5) is 5.69 Å². The summed E-state index contributed by atoms with van der Waals surface area (Å²) in [7, 11) is -1.17. The minimum Gasteiger partial charge on any atom is -0.486 e. The summed E-state index contributed by atoms with van der Waals surface area (Å²) in [5, 5.41) is 16.7. The second-order valence-corrected chi connectivity index (χ2v) is 17.4. The van der Waals surface area contributed by atoms with E-state index in [4.69, 9.17) is 23.7 Å². The normalized spacial score (nSPS) is 15.1. The van der Waals surface area contributed by atoms with Crippen LogP contribution >= 0.6 is 0 Å². The molecular formula is C33H44N2O7Si. The van der Waals surface area contributed by atoms with Crippen molar-refractivity contribution in [3.05, 3.63) is 83.4 Å². The third-order valence-electron chi connectivity index (χ3n) is 6.97. The molecule has 4 rings (SSSR count). The fourth-order valence-corrected chi connectivity index (χ4v) is 5.23. The molecule has 0 unspecified atom stereocenters. The molecule has 0 aliphatic carbocycles. The number of anilines is 1. The first-order valence-corrected chi connectivity index (χ1v) is 18.5. The molecule has 1 aliphatic heterocycles. The Bertz CT molecular complexity index is 1290. The maximum atomic E-state index is 11.2. The van der Waals surface area contributed by atoms with E-state index in [9.17, 15) is 9.90 Å². The van der Waals surface area contributed by atoms with Crippen molar-refractivity contribution in [1.82, 2.24) is 5.32 Å². The average Bonchev–Trinajstić information content (AvgIpc) is 2.99. The minimum absolute atomic E-state index is 0.101. The second-order valence-electron chi connectivity index (χ2n) is 11.8. The van der Waals surface area contributed by atoms with Gasteiger partial charge in [-0.15, -0.1) is 0 Å². The number of aliphatic hydroxyl groups excluding tert-OH is 1. The van der Waals surface area contributed by atoms with Crippen LogP contribution in [0.25, 0.3) is 0 Å². The van der Waals surface area contributed by atoms with Crippen LogP contribution in [-0.4, -0.2) is 65.4 Å². The van der Waals surface area contributed by atoms with Gasteiger partial charge >= 0.3 is 0 Å². The van der Waals surface area contributed by atoms with E-state index in [0.29, 0.717) is 62.9 Å². The molecule has 0 fully saturated rings. The fraction of sp³-hybridized carbons (Fsp3) is 0.424. The van der Waals surface area contributed by atoms with E-state index in [1.807, 2.05) is 48.5 Å². The zero-order valence-electron chi connectivity index (χ0n) is 25.3. The molecule has 0 radical (unpaired) electrons. The number of fused-ring (bicyclic) bond motifs is 1. The Morgan fingerprint density at radius 3 is 2.65 bits per heavy atom. The number of rotatable bonds is 18. The Labute approximate surface area is 255 Å². The van der Waals surface area contributed by atoms with E-state index in [2.05, 4.69) is 30.3 Å². The van der Waals surface area contributed by atoms with Crippen molar-refractivity contribution in [2.45, 2.75) is 50.9 Å². The van der Waals surface area contributed by atoms with Crippen LogP contribution in [0.1, 0.15) is 22.8 Å². The van der Waals surface area contributed by atoms with Gasteiger partial charge in [-0.3, -0.25) is 4.79 Å². The van der Waals surface area contributed by atoms with Crippen molar-refractivity contribution in [2.75, 3.05) is 45.0 Å². The number of aliphatic hydroxyl groups is 1. The topological polar surface area (TPSA) is 108 Å². The summed E-state index contributed by atoms with van der Waals surface area (Å²) in [5.41, 5.74) is 3.38. The van der Waals surface area contributed by atoms with Gasteiger partial charge in [-0.2, -0.15) is 0 Å². The third kappa shape index (κ3) is 11.0. The van der Waals surface area contributed by atoms with Crippen molar-refractivity contribution < 1.29 is 33.6 Å². The number of hydrogen-bond acceptors (Lipinski definition) is 8. The second kappa shape index (κ2) is 16.4. The zero-order valence-corrected chi connectivity index (χ0v) is 26.3. The predicted octanol–water partition coefficient (Wildman–Crippen LogP) is 5.17. The van der Waals surface area contributed by atoms with Gasteiger partial charge in [0.05, 0.1) is 25.0 Å². The van der Waals surface area contributed by atoms with Gasteiger partial charge in [-0.25, -0.2) is 0 Å². The molecule has 10 heteroatoms. The van der Waals surface area contributed by atoms with Gasteiger partial charge in [0, 0.05) is 21.2 Å². The predicted molar refractivity (Wildman–Crippen MR) is 170 cm³/mol. The van der Waals surface area contributed by atoms with Crippen molar-refractivity contribution in [2.24, 2.45) is 0 Å². The lowest BCUT2D eigenvalue weighted by Crippen LogP contribution is -2.33. The number of benzene rings is 3. The molecule has 2 atom stereocenters. The van der Waals surface area contributed by atoms with E-state index < -0.39 is 14.2 Å². The number of hydrogen-bond donors (Lipinski definition) is 3. The summed E-state index contributed by atoms with van der Waals surface area (Å²) in [6.45, 7) is 10.1. The minimum atomic E-state index is -1.17. The number of carbonyl (C=O) groups is 1. The van der Waals surface area contributed by atoms with Crippen molar-refractivity contribution >= 4 is 20.2 Å². The molecule has 3 aromatic carbocycles. The Morgan fingerprint density at radius 1 is 1.02 bits per heavy atom. The summed E-state index contributed by atoms with van der Waals surface area (Å²) in [6, 6.07) is 22.3. The van der Waals surface area contributed by atoms with Crippen molar-refractivity contribution in [1.29, 1.82) is 0 Å². The van der Waals surface area contributed by atoms with Gasteiger partial charge < -0.3 is 39.4 Å². The molecule has 43 heavy (non-hydrogen) atoms. The number of carbonyl (C=O) groups excluding carboxylic acids is 1. The van der Waals surface area contributed by atoms with Gasteiger partial charge in [0.25, 0.3) is 0 Å². The van der Waals surface area contributed by atoms with Crippen LogP contribution in [-0.2, 0) is 27.3 Å². The molecule has 0 bridgehead atoms. The molecule has 3 aromatic rings. The lowest BCUT2D eigenvalue weighted by molar-refractivity contribution is -0.105. The highest BCUT2D eigenvalue weighted by atomic mass is 28.3. The van der Waals surface area contributed by atoms with Gasteiger partial charge in [-0.1, -0.05) is 62.1 Å². The smallest absolute Gasteiger partial charge is 0.211 e. The van der Waals surface area contributed by atoms with E-state index in [-0.39, 0.29) is 12.9 Å². The highest BCUT2D eigenvalue weighted by Crippen LogP contribution is 2.33. The number of amides is 1. The molecule has 0 aromatic heterocycles. The number of nitrogens with one attached hydrogen (secondary N) is 2. The maximum Gasteiger partial charge on any atom is 0.211 e. The lowest BCUT2D eigenvalue weighted by atomic mass is 10.1. The average molecular weight is 609 g/mol. The van der Waals surface area contributed by atoms with Gasteiger partial charge in [0.2, 0.25) is 6.41 Å². The van der Waals surface area contributed by atoms with Gasteiger partial charge in [0.15, 0.2) is 24.4 Å². The SMILES string of the molecule is C[Si](C)(C)CCOCOc1ccc([C@@H](O)CNCCc2ccc3c(c2)O[C@H](COCc2ccccc2)CO3)cc1NC=O. The van der Waals surface area contributed by atoms with E-state index in [0.717, 1.165) is 35.1 Å². The van der Waals surface area contributed by atoms with Gasteiger partial charge in [0.1, 0.15) is 12.4 Å². The molecule has 1 heterocycles. The number of ether oxygens (including phenoxy) is 5. The highest BCUT2D eigenvalue weighted by Gasteiger charge is 2.22. The molecule has 9 nitrogen and oxygen atoms in total. The summed E-state index contributed by atoms with van der Waals surface area (Å²) < 4.78 is 29.2. The summed E-state index contributed by atoms with van der Waals surface area (Å²) in [4.78, 5) is 11.2. The first-order chi connectivity index (χ1) is 20.8. The Kier molecular flexibility index (Phi) is 12.4. The largest absolute Gasteiger partial charge is 0.486 e. The van der Waals surface area contributed by atoms with Crippen LogP contribution in [0.2, 0.25) is 25.7 Å². The Balaban J connectivity index is 1.20.